The van der Waals surface area contributed by atoms with Crippen molar-refractivity contribution in [1.82, 2.24) is 5.06 Å². The van der Waals surface area contributed by atoms with Gasteiger partial charge < -0.3 is 10.6 Å². The molecule has 152 valence electrons. The number of rotatable bonds is 17. The largest absolute Gasteiger partial charge is 0.560 e. The van der Waals surface area contributed by atoms with Gasteiger partial charge in [0.2, 0.25) is 0 Å². The number of nitrogens with two attached hydrogens (primary N) is 1. The van der Waals surface area contributed by atoms with Crippen molar-refractivity contribution in [3.8, 4) is 0 Å². The van der Waals surface area contributed by atoms with Crippen LogP contribution in [0.25, 0.3) is 0 Å². The van der Waals surface area contributed by atoms with Gasteiger partial charge in [0.05, 0.1) is 6.54 Å². The summed E-state index contributed by atoms with van der Waals surface area (Å²) in [5.41, 5.74) is 5.58. The van der Waals surface area contributed by atoms with E-state index in [1.54, 1.807) is 0 Å². The van der Waals surface area contributed by atoms with E-state index in [1.165, 1.54) is 95.0 Å². The predicted molar refractivity (Wildman–Crippen MR) is 105 cm³/mol. The van der Waals surface area contributed by atoms with Crippen LogP contribution in [0.1, 0.15) is 110 Å². The van der Waals surface area contributed by atoms with E-state index in [0.29, 0.717) is 6.54 Å². The maximum Gasteiger partial charge on any atom is 0.560 e. The molecule has 0 aromatic rings. The maximum atomic E-state index is 10.9. The third kappa shape index (κ3) is 12.0. The summed E-state index contributed by atoms with van der Waals surface area (Å²) in [4.78, 5) is 20.1. The molecular weight excluding hydrogens is 330 g/mol. The summed E-state index contributed by atoms with van der Waals surface area (Å²) >= 11 is 0. The highest BCUT2D eigenvalue weighted by molar-refractivity contribution is 5.80. The average molecular weight is 370 g/mol. The third-order valence-electron chi connectivity index (χ3n) is 4.87. The van der Waals surface area contributed by atoms with E-state index in [0.717, 1.165) is 12.8 Å². The molecule has 0 fully saturated rings. The molecule has 0 aromatic carbocycles. The summed E-state index contributed by atoms with van der Waals surface area (Å²) in [7, 11) is 0. The molecule has 0 bridgehead atoms. The summed E-state index contributed by atoms with van der Waals surface area (Å²) in [6, 6.07) is 0. The second-order valence-electron chi connectivity index (χ2n) is 7.29. The van der Waals surface area contributed by atoms with E-state index in [-0.39, 0.29) is 5.96 Å². The minimum Gasteiger partial charge on any atom is -0.365 e. The van der Waals surface area contributed by atoms with Crippen molar-refractivity contribution in [2.75, 3.05) is 6.54 Å². The number of carbonyl (C=O) groups is 1. The van der Waals surface area contributed by atoms with E-state index in [2.05, 4.69) is 16.9 Å². The molecule has 1 heterocycles. The Balaban J connectivity index is 1.76. The molecule has 0 amide bonds. The Bertz CT molecular complexity index is 388. The first-order valence-electron chi connectivity index (χ1n) is 10.7. The zero-order valence-electron chi connectivity index (χ0n) is 16.7. The Labute approximate surface area is 159 Å². The third-order valence-corrected chi connectivity index (χ3v) is 4.87. The Kier molecular flexibility index (Phi) is 13.7. The van der Waals surface area contributed by atoms with E-state index in [4.69, 9.17) is 10.6 Å². The second kappa shape index (κ2) is 15.8. The molecule has 0 saturated heterocycles. The molecule has 0 spiro atoms. The molecule has 6 heteroatoms. The summed E-state index contributed by atoms with van der Waals surface area (Å²) in [6.07, 6.45) is 20.5. The molecule has 6 nitrogen and oxygen atoms in total. The molecule has 0 aromatic heterocycles. The lowest BCUT2D eigenvalue weighted by atomic mass is 10.0. The molecule has 26 heavy (non-hydrogen) atoms. The van der Waals surface area contributed by atoms with Crippen LogP contribution in [-0.2, 0) is 9.68 Å². The van der Waals surface area contributed by atoms with Crippen molar-refractivity contribution in [1.29, 1.82) is 0 Å². The van der Waals surface area contributed by atoms with Crippen LogP contribution in [0.15, 0.2) is 5.16 Å². The van der Waals surface area contributed by atoms with Crippen LogP contribution in [0.2, 0.25) is 0 Å². The first-order valence-corrected chi connectivity index (χ1v) is 10.7. The minimum atomic E-state index is -0.823. The summed E-state index contributed by atoms with van der Waals surface area (Å²) < 4.78 is 0. The quantitative estimate of drug-likeness (QED) is 0.256. The molecule has 0 radical (unpaired) electrons. The van der Waals surface area contributed by atoms with Crippen molar-refractivity contribution in [3.05, 3.63) is 0 Å². The number of oxime groups is 1. The number of unbranched alkanes of at least 4 members (excludes halogenated alkanes) is 15. The van der Waals surface area contributed by atoms with Crippen molar-refractivity contribution in [3.63, 3.8) is 0 Å². The van der Waals surface area contributed by atoms with Gasteiger partial charge in [0.15, 0.2) is 0 Å². The second-order valence-corrected chi connectivity index (χ2v) is 7.29. The van der Waals surface area contributed by atoms with Gasteiger partial charge in [0.1, 0.15) is 0 Å². The van der Waals surface area contributed by atoms with Crippen LogP contribution < -0.4 is 5.73 Å². The zero-order chi connectivity index (χ0) is 18.9. The van der Waals surface area contributed by atoms with Crippen molar-refractivity contribution in [2.45, 2.75) is 110 Å². The van der Waals surface area contributed by atoms with E-state index in [9.17, 15) is 4.79 Å². The Morgan fingerprint density at radius 2 is 1.19 bits per heavy atom. The maximum absolute atomic E-state index is 10.9. The van der Waals surface area contributed by atoms with Gasteiger partial charge in [-0.2, -0.15) is 9.86 Å². The molecule has 0 atom stereocenters. The van der Waals surface area contributed by atoms with Crippen LogP contribution in [0.3, 0.4) is 0 Å². The van der Waals surface area contributed by atoms with E-state index >= 15 is 0 Å². The minimum absolute atomic E-state index is 0.102. The average Bonchev–Trinajstić information content (AvgIpc) is 2.64. The SMILES string of the molecule is CCCCCCCCCCCCCCCCCCN1OC(=O)ON=C1N. The smallest absolute Gasteiger partial charge is 0.365 e. The first-order chi connectivity index (χ1) is 12.7. The van der Waals surface area contributed by atoms with Gasteiger partial charge in [-0.25, -0.2) is 0 Å². The normalized spacial score (nSPS) is 14.1. The number of nitrogens with zero attached hydrogens (tertiary/aromatic N) is 2. The van der Waals surface area contributed by atoms with Gasteiger partial charge in [-0.15, -0.1) is 0 Å². The molecule has 0 unspecified atom stereocenters. The standard InChI is InChI=1S/C20H39N3O3/c1-2-3-4-5-6-7-8-9-10-11-12-13-14-15-16-17-18-23-19(21)22-25-20(24)26-23/h2-18H2,1H3,(H2,21,22). The van der Waals surface area contributed by atoms with Crippen LogP contribution in [0.4, 0.5) is 4.79 Å². The molecule has 1 aliphatic heterocycles. The highest BCUT2D eigenvalue weighted by Gasteiger charge is 2.21. The molecule has 1 rings (SSSR count). The summed E-state index contributed by atoms with van der Waals surface area (Å²) in [6.45, 7) is 2.85. The lowest BCUT2D eigenvalue weighted by molar-refractivity contribution is -0.0969. The van der Waals surface area contributed by atoms with Gasteiger partial charge in [-0.3, -0.25) is 4.84 Å². The van der Waals surface area contributed by atoms with Crippen molar-refractivity contribution in [2.24, 2.45) is 10.9 Å². The van der Waals surface area contributed by atoms with Gasteiger partial charge in [-0.05, 0) is 11.6 Å². The van der Waals surface area contributed by atoms with Crippen molar-refractivity contribution >= 4 is 12.1 Å². The van der Waals surface area contributed by atoms with Gasteiger partial charge in [0, 0.05) is 0 Å². The fourth-order valence-electron chi connectivity index (χ4n) is 3.25. The summed E-state index contributed by atoms with van der Waals surface area (Å²) in [5, 5.41) is 4.73. The highest BCUT2D eigenvalue weighted by atomic mass is 16.9. The van der Waals surface area contributed by atoms with Gasteiger partial charge >= 0.3 is 6.16 Å². The van der Waals surface area contributed by atoms with E-state index in [1.807, 2.05) is 0 Å². The number of hydrogen-bond donors (Lipinski definition) is 1. The Morgan fingerprint density at radius 3 is 1.65 bits per heavy atom. The number of hydroxylamine groups is 2. The number of hydrogen-bond acceptors (Lipinski definition) is 6. The zero-order valence-corrected chi connectivity index (χ0v) is 16.7. The van der Waals surface area contributed by atoms with Crippen LogP contribution in [0.5, 0.6) is 0 Å². The molecule has 1 aliphatic rings. The molecule has 0 aliphatic carbocycles. The Morgan fingerprint density at radius 1 is 0.769 bits per heavy atom. The lowest BCUT2D eigenvalue weighted by Crippen LogP contribution is -2.42. The Hall–Kier alpha value is -1.46. The lowest BCUT2D eigenvalue weighted by Gasteiger charge is -2.22. The monoisotopic (exact) mass is 369 g/mol. The highest BCUT2D eigenvalue weighted by Crippen LogP contribution is 2.14. The fraction of sp³-hybridized carbons (Fsp3) is 0.900. The fourth-order valence-corrected chi connectivity index (χ4v) is 3.25. The van der Waals surface area contributed by atoms with Crippen LogP contribution in [0, 0.1) is 0 Å². The molecule has 0 saturated carbocycles. The van der Waals surface area contributed by atoms with Crippen molar-refractivity contribution < 1.29 is 14.5 Å². The number of carbonyl (C=O) groups excluding carboxylic acids is 1. The number of guanidine groups is 1. The van der Waals surface area contributed by atoms with Gasteiger partial charge in [0.25, 0.3) is 5.96 Å². The topological polar surface area (TPSA) is 77.1 Å². The molecule has 2 N–H and O–H groups in total. The van der Waals surface area contributed by atoms with E-state index < -0.39 is 6.16 Å². The van der Waals surface area contributed by atoms with Gasteiger partial charge in [-0.1, -0.05) is 103 Å². The van der Waals surface area contributed by atoms with Crippen LogP contribution >= 0.6 is 0 Å². The first kappa shape index (κ1) is 22.6. The predicted octanol–water partition coefficient (Wildman–Crippen LogP) is 5.86. The summed E-state index contributed by atoms with van der Waals surface area (Å²) in [5.74, 6) is 0.102. The van der Waals surface area contributed by atoms with Crippen LogP contribution in [-0.4, -0.2) is 23.7 Å². The molecular formula is C20H39N3O3.